The molecule has 0 aromatic heterocycles. The molecule has 0 spiro atoms. The number of nitrogens with one attached hydrogen (secondary N) is 1. The van der Waals surface area contributed by atoms with Crippen LogP contribution in [-0.4, -0.2) is 38.0 Å². The average molecular weight is 375 g/mol. The number of benzene rings is 1. The van der Waals surface area contributed by atoms with Crippen LogP contribution in [0.4, 0.5) is 20.6 Å². The van der Waals surface area contributed by atoms with Crippen molar-refractivity contribution in [2.24, 2.45) is 0 Å². The minimum absolute atomic E-state index is 0.337. The molecule has 2 rings (SSSR count). The van der Waals surface area contributed by atoms with Crippen molar-refractivity contribution in [2.45, 2.75) is 26.4 Å². The molecule has 1 aromatic carbocycles. The lowest BCUT2D eigenvalue weighted by Gasteiger charge is -2.29. The fourth-order valence-electron chi connectivity index (χ4n) is 2.09. The molecule has 1 fully saturated rings. The van der Waals surface area contributed by atoms with Crippen molar-refractivity contribution >= 4 is 33.4 Å². The fraction of sp³-hybridized carbons (Fsp3) is 0.533. The molecule has 1 amide bonds. The van der Waals surface area contributed by atoms with Crippen LogP contribution < -0.4 is 10.2 Å². The maximum Gasteiger partial charge on any atom is 0.412 e. The van der Waals surface area contributed by atoms with Crippen molar-refractivity contribution in [1.29, 1.82) is 0 Å². The van der Waals surface area contributed by atoms with Crippen LogP contribution >= 0.6 is 15.9 Å². The molecule has 0 unspecified atom stereocenters. The maximum atomic E-state index is 14.3. The molecule has 22 heavy (non-hydrogen) atoms. The van der Waals surface area contributed by atoms with E-state index in [4.69, 9.17) is 9.47 Å². The third-order valence-electron chi connectivity index (χ3n) is 3.02. The van der Waals surface area contributed by atoms with E-state index in [1.165, 1.54) is 6.07 Å². The summed E-state index contributed by atoms with van der Waals surface area (Å²) in [5.74, 6) is -0.392. The van der Waals surface area contributed by atoms with Gasteiger partial charge in [0.05, 0.1) is 24.6 Å². The fourth-order valence-corrected chi connectivity index (χ4v) is 2.52. The number of halogens is 2. The van der Waals surface area contributed by atoms with Crippen molar-refractivity contribution < 1.29 is 18.7 Å². The zero-order chi connectivity index (χ0) is 16.3. The van der Waals surface area contributed by atoms with Gasteiger partial charge in [0.15, 0.2) is 0 Å². The van der Waals surface area contributed by atoms with Gasteiger partial charge in [-0.15, -0.1) is 0 Å². The van der Waals surface area contributed by atoms with Crippen LogP contribution in [0.2, 0.25) is 0 Å². The van der Waals surface area contributed by atoms with Crippen molar-refractivity contribution in [3.8, 4) is 0 Å². The Hall–Kier alpha value is -1.34. The van der Waals surface area contributed by atoms with Crippen LogP contribution in [0.25, 0.3) is 0 Å². The number of anilines is 2. The van der Waals surface area contributed by atoms with Gasteiger partial charge in [0.2, 0.25) is 0 Å². The van der Waals surface area contributed by atoms with Gasteiger partial charge >= 0.3 is 6.09 Å². The minimum Gasteiger partial charge on any atom is -0.444 e. The molecule has 0 bridgehead atoms. The number of amides is 1. The van der Waals surface area contributed by atoms with E-state index < -0.39 is 17.5 Å². The van der Waals surface area contributed by atoms with E-state index in [1.807, 2.05) is 4.90 Å². The topological polar surface area (TPSA) is 50.8 Å². The first-order valence-corrected chi connectivity index (χ1v) is 7.87. The summed E-state index contributed by atoms with van der Waals surface area (Å²) in [6.45, 7) is 7.74. The highest BCUT2D eigenvalue weighted by molar-refractivity contribution is 9.10. The largest absolute Gasteiger partial charge is 0.444 e. The normalized spacial score (nSPS) is 15.6. The van der Waals surface area contributed by atoms with Gasteiger partial charge in [-0.3, -0.25) is 5.32 Å². The molecule has 1 saturated heterocycles. The molecule has 1 aliphatic rings. The van der Waals surface area contributed by atoms with E-state index in [1.54, 1.807) is 26.8 Å². The summed E-state index contributed by atoms with van der Waals surface area (Å²) in [7, 11) is 0. The molecule has 0 atom stereocenters. The highest BCUT2D eigenvalue weighted by Crippen LogP contribution is 2.31. The van der Waals surface area contributed by atoms with Crippen LogP contribution in [0, 0.1) is 5.82 Å². The second-order valence-corrected chi connectivity index (χ2v) is 6.86. The summed E-state index contributed by atoms with van der Waals surface area (Å²) in [6, 6.07) is 2.95. The first kappa shape index (κ1) is 17.0. The van der Waals surface area contributed by atoms with E-state index in [0.29, 0.717) is 42.2 Å². The Labute approximate surface area is 137 Å². The number of hydrogen-bond acceptors (Lipinski definition) is 4. The highest BCUT2D eigenvalue weighted by Gasteiger charge is 2.20. The average Bonchev–Trinajstić information content (AvgIpc) is 2.41. The predicted octanol–water partition coefficient (Wildman–Crippen LogP) is 3.77. The Morgan fingerprint density at radius 3 is 2.59 bits per heavy atom. The smallest absolute Gasteiger partial charge is 0.412 e. The number of ether oxygens (including phenoxy) is 2. The van der Waals surface area contributed by atoms with Gasteiger partial charge in [0.1, 0.15) is 11.4 Å². The van der Waals surface area contributed by atoms with Gasteiger partial charge in [-0.25, -0.2) is 9.18 Å². The second-order valence-electron chi connectivity index (χ2n) is 6.01. The first-order valence-electron chi connectivity index (χ1n) is 7.08. The van der Waals surface area contributed by atoms with Crippen LogP contribution in [0.5, 0.6) is 0 Å². The Kier molecular flexibility index (Phi) is 5.28. The zero-order valence-electron chi connectivity index (χ0n) is 12.9. The lowest BCUT2D eigenvalue weighted by Crippen LogP contribution is -2.36. The summed E-state index contributed by atoms with van der Waals surface area (Å²) < 4.78 is 25.3. The third-order valence-corrected chi connectivity index (χ3v) is 3.68. The number of hydrogen-bond donors (Lipinski definition) is 1. The van der Waals surface area contributed by atoms with Gasteiger partial charge in [0.25, 0.3) is 0 Å². The molecule has 0 aliphatic carbocycles. The van der Waals surface area contributed by atoms with Crippen LogP contribution in [0.15, 0.2) is 16.6 Å². The molecule has 1 N–H and O–H groups in total. The number of carbonyl (C=O) groups excluding carboxylic acids is 1. The van der Waals surface area contributed by atoms with Crippen molar-refractivity contribution in [2.75, 3.05) is 36.5 Å². The van der Waals surface area contributed by atoms with Gasteiger partial charge in [-0.2, -0.15) is 0 Å². The monoisotopic (exact) mass is 374 g/mol. The summed E-state index contributed by atoms with van der Waals surface area (Å²) in [4.78, 5) is 13.7. The minimum atomic E-state index is -0.619. The van der Waals surface area contributed by atoms with E-state index in [2.05, 4.69) is 21.2 Å². The summed E-state index contributed by atoms with van der Waals surface area (Å²) in [5, 5.41) is 2.55. The number of morpholine rings is 1. The lowest BCUT2D eigenvalue weighted by atomic mass is 10.2. The third kappa shape index (κ3) is 4.58. The lowest BCUT2D eigenvalue weighted by molar-refractivity contribution is 0.0636. The van der Waals surface area contributed by atoms with Gasteiger partial charge in [0, 0.05) is 23.6 Å². The molecule has 1 aromatic rings. The van der Waals surface area contributed by atoms with E-state index in [-0.39, 0.29) is 0 Å². The van der Waals surface area contributed by atoms with Gasteiger partial charge in [-0.05, 0) is 42.8 Å². The summed E-state index contributed by atoms with van der Waals surface area (Å²) in [6.07, 6.45) is -0.619. The Balaban J connectivity index is 2.14. The van der Waals surface area contributed by atoms with Gasteiger partial charge in [-0.1, -0.05) is 0 Å². The zero-order valence-corrected chi connectivity index (χ0v) is 14.5. The number of nitrogens with zero attached hydrogens (tertiary/aromatic N) is 1. The van der Waals surface area contributed by atoms with Crippen molar-refractivity contribution in [3.63, 3.8) is 0 Å². The van der Waals surface area contributed by atoms with E-state index >= 15 is 0 Å². The molecule has 5 nitrogen and oxygen atoms in total. The predicted molar refractivity (Wildman–Crippen MR) is 87.0 cm³/mol. The van der Waals surface area contributed by atoms with Gasteiger partial charge < -0.3 is 14.4 Å². The molecule has 1 heterocycles. The number of carbonyl (C=O) groups is 1. The molecular formula is C15H20BrFN2O3. The first-order chi connectivity index (χ1) is 10.3. The molecule has 0 radical (unpaired) electrons. The molecule has 0 saturated carbocycles. The number of rotatable bonds is 2. The SMILES string of the molecule is CC(C)(C)OC(=O)Nc1cc(F)c(N2CCOCC2)cc1Br. The molecular weight excluding hydrogens is 355 g/mol. The van der Waals surface area contributed by atoms with Crippen LogP contribution in [0.1, 0.15) is 20.8 Å². The highest BCUT2D eigenvalue weighted by atomic mass is 79.9. The Morgan fingerprint density at radius 1 is 1.36 bits per heavy atom. The summed E-state index contributed by atoms with van der Waals surface area (Å²) in [5.41, 5.74) is 0.219. The molecule has 122 valence electrons. The van der Waals surface area contributed by atoms with E-state index in [9.17, 15) is 9.18 Å². The second kappa shape index (κ2) is 6.83. The maximum absolute atomic E-state index is 14.3. The molecule has 1 aliphatic heterocycles. The van der Waals surface area contributed by atoms with Crippen molar-refractivity contribution in [1.82, 2.24) is 0 Å². The van der Waals surface area contributed by atoms with Crippen LogP contribution in [-0.2, 0) is 9.47 Å². The quantitative estimate of drug-likeness (QED) is 0.855. The Bertz CT molecular complexity index is 554. The Morgan fingerprint density at radius 2 is 2.00 bits per heavy atom. The summed E-state index contributed by atoms with van der Waals surface area (Å²) >= 11 is 3.36. The molecule has 7 heteroatoms. The van der Waals surface area contributed by atoms with E-state index in [0.717, 1.165) is 0 Å². The van der Waals surface area contributed by atoms with Crippen molar-refractivity contribution in [3.05, 3.63) is 22.4 Å². The van der Waals surface area contributed by atoms with Crippen LogP contribution in [0.3, 0.4) is 0 Å². The standard InChI is InChI=1S/C15H20BrFN2O3/c1-15(2,3)22-14(20)18-12-9-11(17)13(8-10(12)16)19-4-6-21-7-5-19/h8-9H,4-7H2,1-3H3,(H,18,20).